The number of pyridine rings is 1. The first-order valence-electron chi connectivity index (χ1n) is 5.74. The molecule has 1 atom stereocenters. The summed E-state index contributed by atoms with van der Waals surface area (Å²) in [6, 6.07) is -1.01. The number of carboxylic acids is 1. The number of aliphatic carboxylic acids is 1. The highest BCUT2D eigenvalue weighted by Gasteiger charge is 2.24. The van der Waals surface area contributed by atoms with E-state index in [0.717, 1.165) is 5.39 Å². The molecule has 0 bridgehead atoms. The maximum absolute atomic E-state index is 12.2. The summed E-state index contributed by atoms with van der Waals surface area (Å²) in [6.45, 7) is 4.97. The van der Waals surface area contributed by atoms with E-state index in [2.05, 4.69) is 5.10 Å². The summed E-state index contributed by atoms with van der Waals surface area (Å²) in [5.74, 6) is -1.10. The minimum atomic E-state index is -1.10. The Balaban J connectivity index is 3.06. The summed E-state index contributed by atoms with van der Waals surface area (Å²) in [7, 11) is 1.67. The number of nitrogens with zero attached hydrogens (tertiary/aromatic N) is 3. The minimum Gasteiger partial charge on any atom is -0.480 e. The molecule has 0 aliphatic carbocycles. The summed E-state index contributed by atoms with van der Waals surface area (Å²) in [5.41, 5.74) is 1.30. The summed E-state index contributed by atoms with van der Waals surface area (Å²) >= 11 is 6.03. The fourth-order valence-electron chi connectivity index (χ4n) is 2.30. The number of halogens is 1. The first kappa shape index (κ1) is 13.6. The van der Waals surface area contributed by atoms with E-state index >= 15 is 0 Å². The fourth-order valence-corrected chi connectivity index (χ4v) is 2.49. The standard InChI is InChI=1S/C12H14ClN3O3/c1-5-8-6(2)14-15(4)10(8)16(7(3)12(18)19)11(17)9(5)13/h7H,1-4H3,(H,18,19). The van der Waals surface area contributed by atoms with Gasteiger partial charge >= 0.3 is 5.97 Å². The Labute approximate surface area is 114 Å². The number of rotatable bonds is 2. The van der Waals surface area contributed by atoms with Crippen molar-refractivity contribution in [1.29, 1.82) is 0 Å². The van der Waals surface area contributed by atoms with Crippen molar-refractivity contribution in [2.24, 2.45) is 7.05 Å². The van der Waals surface area contributed by atoms with E-state index in [1.807, 2.05) is 0 Å². The molecular formula is C12H14ClN3O3. The van der Waals surface area contributed by atoms with Gasteiger partial charge in [0.15, 0.2) is 0 Å². The topological polar surface area (TPSA) is 77.1 Å². The highest BCUT2D eigenvalue weighted by molar-refractivity contribution is 6.32. The van der Waals surface area contributed by atoms with Gasteiger partial charge in [-0.15, -0.1) is 0 Å². The van der Waals surface area contributed by atoms with Gasteiger partial charge in [0.05, 0.1) is 5.69 Å². The SMILES string of the molecule is Cc1nn(C)c2c1c(C)c(Cl)c(=O)n2C(C)C(=O)O. The molecule has 6 nitrogen and oxygen atoms in total. The summed E-state index contributed by atoms with van der Waals surface area (Å²) in [5, 5.41) is 14.1. The van der Waals surface area contributed by atoms with Gasteiger partial charge in [0.2, 0.25) is 0 Å². The van der Waals surface area contributed by atoms with E-state index in [0.29, 0.717) is 16.9 Å². The van der Waals surface area contributed by atoms with Gasteiger partial charge in [-0.25, -0.2) is 4.79 Å². The maximum atomic E-state index is 12.2. The molecule has 0 radical (unpaired) electrons. The molecule has 0 aliphatic heterocycles. The van der Waals surface area contributed by atoms with Crippen LogP contribution in [0.5, 0.6) is 0 Å². The molecule has 0 spiro atoms. The largest absolute Gasteiger partial charge is 0.480 e. The lowest BCUT2D eigenvalue weighted by molar-refractivity contribution is -0.140. The number of fused-ring (bicyclic) bond motifs is 1. The van der Waals surface area contributed by atoms with E-state index < -0.39 is 17.6 Å². The summed E-state index contributed by atoms with van der Waals surface area (Å²) in [6.07, 6.45) is 0. The average Bonchev–Trinajstić information content (AvgIpc) is 2.62. The van der Waals surface area contributed by atoms with Gasteiger partial charge in [-0.3, -0.25) is 14.0 Å². The number of carbonyl (C=O) groups is 1. The Morgan fingerprint density at radius 3 is 2.53 bits per heavy atom. The molecule has 2 aromatic rings. The molecule has 0 saturated carbocycles. The number of hydrogen-bond donors (Lipinski definition) is 1. The van der Waals surface area contributed by atoms with Crippen LogP contribution < -0.4 is 5.56 Å². The van der Waals surface area contributed by atoms with Crippen molar-refractivity contribution in [2.45, 2.75) is 26.8 Å². The fraction of sp³-hybridized carbons (Fsp3) is 0.417. The number of aryl methyl sites for hydroxylation is 3. The second kappa shape index (κ2) is 4.38. The first-order chi connectivity index (χ1) is 8.77. The van der Waals surface area contributed by atoms with Crippen LogP contribution in [0.15, 0.2) is 4.79 Å². The molecular weight excluding hydrogens is 270 g/mol. The van der Waals surface area contributed by atoms with Crippen molar-refractivity contribution in [1.82, 2.24) is 14.3 Å². The van der Waals surface area contributed by atoms with Gasteiger partial charge in [0, 0.05) is 12.4 Å². The lowest BCUT2D eigenvalue weighted by atomic mass is 10.1. The third-order valence-electron chi connectivity index (χ3n) is 3.28. The van der Waals surface area contributed by atoms with Crippen LogP contribution in [0.25, 0.3) is 11.0 Å². The van der Waals surface area contributed by atoms with Gasteiger partial charge in [0.25, 0.3) is 5.56 Å². The number of aromatic nitrogens is 3. The molecule has 1 unspecified atom stereocenters. The van der Waals surface area contributed by atoms with Gasteiger partial charge < -0.3 is 5.11 Å². The van der Waals surface area contributed by atoms with Crippen LogP contribution in [0.3, 0.4) is 0 Å². The molecule has 2 rings (SSSR count). The van der Waals surface area contributed by atoms with Crippen molar-refractivity contribution in [3.63, 3.8) is 0 Å². The molecule has 2 heterocycles. The first-order valence-corrected chi connectivity index (χ1v) is 6.11. The van der Waals surface area contributed by atoms with Crippen LogP contribution in [-0.4, -0.2) is 25.4 Å². The summed E-state index contributed by atoms with van der Waals surface area (Å²) in [4.78, 5) is 23.4. The van der Waals surface area contributed by atoms with E-state index in [1.54, 1.807) is 20.9 Å². The van der Waals surface area contributed by atoms with Crippen molar-refractivity contribution in [3.05, 3.63) is 26.6 Å². The van der Waals surface area contributed by atoms with Gasteiger partial charge in [-0.05, 0) is 26.3 Å². The zero-order valence-electron chi connectivity index (χ0n) is 11.1. The lowest BCUT2D eigenvalue weighted by Crippen LogP contribution is -2.30. The molecule has 7 heteroatoms. The third kappa shape index (κ3) is 1.83. The molecule has 0 saturated heterocycles. The van der Waals surface area contributed by atoms with Crippen molar-refractivity contribution < 1.29 is 9.90 Å². The Morgan fingerprint density at radius 2 is 2.00 bits per heavy atom. The average molecular weight is 284 g/mol. The van der Waals surface area contributed by atoms with E-state index in [1.165, 1.54) is 16.2 Å². The Hall–Kier alpha value is -1.82. The van der Waals surface area contributed by atoms with E-state index in [9.17, 15) is 9.59 Å². The van der Waals surface area contributed by atoms with Crippen LogP contribution in [0, 0.1) is 13.8 Å². The highest BCUT2D eigenvalue weighted by atomic mass is 35.5. The summed E-state index contributed by atoms with van der Waals surface area (Å²) < 4.78 is 2.68. The third-order valence-corrected chi connectivity index (χ3v) is 3.72. The Morgan fingerprint density at radius 1 is 1.42 bits per heavy atom. The quantitative estimate of drug-likeness (QED) is 0.909. The van der Waals surface area contributed by atoms with Crippen molar-refractivity contribution in [2.75, 3.05) is 0 Å². The van der Waals surface area contributed by atoms with Crippen molar-refractivity contribution in [3.8, 4) is 0 Å². The van der Waals surface area contributed by atoms with Gasteiger partial charge in [-0.2, -0.15) is 5.10 Å². The van der Waals surface area contributed by atoms with Gasteiger partial charge in [-0.1, -0.05) is 11.6 Å². The van der Waals surface area contributed by atoms with Crippen LogP contribution in [0.1, 0.15) is 24.2 Å². The smallest absolute Gasteiger partial charge is 0.326 e. The zero-order chi connectivity index (χ0) is 14.5. The minimum absolute atomic E-state index is 0.0386. The molecule has 0 aromatic carbocycles. The predicted molar refractivity (Wildman–Crippen MR) is 71.8 cm³/mol. The van der Waals surface area contributed by atoms with E-state index in [4.69, 9.17) is 16.7 Å². The molecule has 0 aliphatic rings. The monoisotopic (exact) mass is 283 g/mol. The normalized spacial score (nSPS) is 12.9. The van der Waals surface area contributed by atoms with Crippen LogP contribution in [-0.2, 0) is 11.8 Å². The lowest BCUT2D eigenvalue weighted by Gasteiger charge is -2.15. The van der Waals surface area contributed by atoms with Gasteiger partial charge in [0.1, 0.15) is 16.7 Å². The second-order valence-electron chi connectivity index (χ2n) is 4.54. The van der Waals surface area contributed by atoms with Crippen molar-refractivity contribution >= 4 is 28.6 Å². The molecule has 0 amide bonds. The second-order valence-corrected chi connectivity index (χ2v) is 4.91. The molecule has 19 heavy (non-hydrogen) atoms. The Kier molecular flexibility index (Phi) is 3.14. The molecule has 2 aromatic heterocycles. The zero-order valence-corrected chi connectivity index (χ0v) is 11.8. The maximum Gasteiger partial charge on any atom is 0.326 e. The predicted octanol–water partition coefficient (Wildman–Crippen LogP) is 1.65. The number of carboxylic acid groups (broad SMARTS) is 1. The molecule has 102 valence electrons. The van der Waals surface area contributed by atoms with Crippen LogP contribution in [0.2, 0.25) is 5.02 Å². The molecule has 0 fully saturated rings. The number of hydrogen-bond acceptors (Lipinski definition) is 3. The highest BCUT2D eigenvalue weighted by Crippen LogP contribution is 2.26. The van der Waals surface area contributed by atoms with Crippen LogP contribution in [0.4, 0.5) is 0 Å². The molecule has 1 N–H and O–H groups in total. The van der Waals surface area contributed by atoms with E-state index in [-0.39, 0.29) is 5.02 Å². The Bertz CT molecular complexity index is 745. The van der Waals surface area contributed by atoms with Crippen LogP contribution >= 0.6 is 11.6 Å².